The Morgan fingerprint density at radius 2 is 1.86 bits per heavy atom. The first kappa shape index (κ1) is 15.4. The van der Waals surface area contributed by atoms with Crippen LogP contribution >= 0.6 is 0 Å². The minimum Gasteiger partial charge on any atom is -0.478 e. The van der Waals surface area contributed by atoms with E-state index < -0.39 is 18.7 Å². The second-order valence-corrected chi connectivity index (χ2v) is 4.96. The predicted octanol–water partition coefficient (Wildman–Crippen LogP) is 1.65. The molecule has 0 aliphatic carbocycles. The van der Waals surface area contributed by atoms with Crippen LogP contribution in [0.15, 0.2) is 18.2 Å². The number of rotatable bonds is 3. The number of aromatic carboxylic acids is 1. The molecule has 1 heterocycles. The van der Waals surface area contributed by atoms with Crippen molar-refractivity contribution in [2.45, 2.75) is 6.18 Å². The Bertz CT molecular complexity index is 526. The molecule has 3 N–H and O–H groups in total. The Balaban J connectivity index is 2.02. The second kappa shape index (κ2) is 5.80. The normalized spacial score (nSPS) is 17.0. The molecule has 0 amide bonds. The van der Waals surface area contributed by atoms with E-state index in [0.29, 0.717) is 18.8 Å². The Hall–Kier alpha value is -1.96. The van der Waals surface area contributed by atoms with E-state index in [1.807, 2.05) is 4.90 Å². The largest absolute Gasteiger partial charge is 0.478 e. The minimum absolute atomic E-state index is 0.00483. The molecule has 2 rings (SSSR count). The van der Waals surface area contributed by atoms with Crippen LogP contribution in [0, 0.1) is 0 Å². The Kier molecular flexibility index (Phi) is 4.26. The van der Waals surface area contributed by atoms with Gasteiger partial charge >= 0.3 is 12.1 Å². The van der Waals surface area contributed by atoms with E-state index in [1.165, 1.54) is 17.0 Å². The van der Waals surface area contributed by atoms with Gasteiger partial charge in [-0.25, -0.2) is 4.79 Å². The Morgan fingerprint density at radius 1 is 1.24 bits per heavy atom. The third-order valence-corrected chi connectivity index (χ3v) is 3.41. The number of hydrogen-bond acceptors (Lipinski definition) is 4. The van der Waals surface area contributed by atoms with Gasteiger partial charge in [0.25, 0.3) is 0 Å². The number of nitrogens with zero attached hydrogens (tertiary/aromatic N) is 2. The van der Waals surface area contributed by atoms with E-state index in [1.54, 1.807) is 6.07 Å². The molecule has 0 bridgehead atoms. The number of alkyl halides is 3. The third kappa shape index (κ3) is 4.01. The van der Waals surface area contributed by atoms with Crippen molar-refractivity contribution < 1.29 is 23.1 Å². The van der Waals surface area contributed by atoms with Crippen molar-refractivity contribution in [3.05, 3.63) is 23.8 Å². The molecular weight excluding hydrogens is 287 g/mol. The highest BCUT2D eigenvalue weighted by Gasteiger charge is 2.32. The predicted molar refractivity (Wildman–Crippen MR) is 72.5 cm³/mol. The molecule has 1 aromatic rings. The molecule has 1 fully saturated rings. The molecule has 0 saturated carbocycles. The highest BCUT2D eigenvalue weighted by Crippen LogP contribution is 2.23. The van der Waals surface area contributed by atoms with Crippen LogP contribution in [0.4, 0.5) is 24.5 Å². The Labute approximate surface area is 119 Å². The van der Waals surface area contributed by atoms with Crippen molar-refractivity contribution in [3.8, 4) is 0 Å². The van der Waals surface area contributed by atoms with Crippen LogP contribution in [0.3, 0.4) is 0 Å². The van der Waals surface area contributed by atoms with Crippen molar-refractivity contribution >= 4 is 17.3 Å². The summed E-state index contributed by atoms with van der Waals surface area (Å²) >= 11 is 0. The SMILES string of the molecule is Nc1ccc(N2CCN(CC(F)(F)F)CC2)cc1C(=O)O. The first-order valence-electron chi connectivity index (χ1n) is 6.43. The van der Waals surface area contributed by atoms with E-state index >= 15 is 0 Å². The van der Waals surface area contributed by atoms with Crippen molar-refractivity contribution in [2.24, 2.45) is 0 Å². The molecule has 0 unspecified atom stereocenters. The topological polar surface area (TPSA) is 69.8 Å². The zero-order chi connectivity index (χ0) is 15.6. The van der Waals surface area contributed by atoms with Crippen LogP contribution in [0.25, 0.3) is 0 Å². The smallest absolute Gasteiger partial charge is 0.401 e. The number of anilines is 2. The molecule has 0 atom stereocenters. The summed E-state index contributed by atoms with van der Waals surface area (Å²) in [6, 6.07) is 4.64. The van der Waals surface area contributed by atoms with Gasteiger partial charge in [0.2, 0.25) is 0 Å². The maximum Gasteiger partial charge on any atom is 0.401 e. The maximum absolute atomic E-state index is 12.3. The fourth-order valence-electron chi connectivity index (χ4n) is 2.34. The summed E-state index contributed by atoms with van der Waals surface area (Å²) < 4.78 is 36.9. The Morgan fingerprint density at radius 3 is 2.38 bits per heavy atom. The second-order valence-electron chi connectivity index (χ2n) is 4.96. The van der Waals surface area contributed by atoms with Gasteiger partial charge in [0.1, 0.15) is 0 Å². The average Bonchev–Trinajstić information content (AvgIpc) is 2.38. The zero-order valence-corrected chi connectivity index (χ0v) is 11.2. The third-order valence-electron chi connectivity index (χ3n) is 3.41. The number of hydrogen-bond donors (Lipinski definition) is 2. The van der Waals surface area contributed by atoms with Crippen molar-refractivity contribution in [3.63, 3.8) is 0 Å². The van der Waals surface area contributed by atoms with Gasteiger partial charge < -0.3 is 15.7 Å². The monoisotopic (exact) mass is 303 g/mol. The average molecular weight is 303 g/mol. The maximum atomic E-state index is 12.3. The van der Waals surface area contributed by atoms with Crippen molar-refractivity contribution in [1.29, 1.82) is 0 Å². The van der Waals surface area contributed by atoms with Crippen molar-refractivity contribution in [1.82, 2.24) is 4.90 Å². The van der Waals surface area contributed by atoms with Gasteiger partial charge in [0.05, 0.1) is 12.1 Å². The molecule has 0 aromatic heterocycles. The molecule has 1 aromatic carbocycles. The molecule has 1 saturated heterocycles. The van der Waals surface area contributed by atoms with Gasteiger partial charge in [-0.05, 0) is 18.2 Å². The lowest BCUT2D eigenvalue weighted by Crippen LogP contribution is -2.49. The summed E-state index contributed by atoms with van der Waals surface area (Å²) in [5.74, 6) is -1.12. The fourth-order valence-corrected chi connectivity index (χ4v) is 2.34. The van der Waals surface area contributed by atoms with E-state index in [4.69, 9.17) is 10.8 Å². The minimum atomic E-state index is -4.19. The standard InChI is InChI=1S/C13H16F3N3O2/c14-13(15,16)8-18-3-5-19(6-4-18)9-1-2-11(17)10(7-9)12(20)21/h1-2,7H,3-6,8,17H2,(H,20,21). The number of carboxylic acid groups (broad SMARTS) is 1. The van der Waals surface area contributed by atoms with Gasteiger partial charge in [0, 0.05) is 37.6 Å². The zero-order valence-electron chi connectivity index (χ0n) is 11.2. The quantitative estimate of drug-likeness (QED) is 0.831. The van der Waals surface area contributed by atoms with Crippen LogP contribution in [-0.4, -0.2) is 54.9 Å². The van der Waals surface area contributed by atoms with Gasteiger partial charge in [-0.15, -0.1) is 0 Å². The molecule has 21 heavy (non-hydrogen) atoms. The van der Waals surface area contributed by atoms with Crippen molar-refractivity contribution in [2.75, 3.05) is 43.4 Å². The van der Waals surface area contributed by atoms with Crippen LogP contribution in [-0.2, 0) is 0 Å². The number of carbonyl (C=O) groups is 1. The van der Waals surface area contributed by atoms with E-state index in [2.05, 4.69) is 0 Å². The van der Waals surface area contributed by atoms with Gasteiger partial charge in [-0.3, -0.25) is 4.90 Å². The van der Waals surface area contributed by atoms with Crippen LogP contribution in [0.2, 0.25) is 0 Å². The van der Waals surface area contributed by atoms with E-state index in [-0.39, 0.29) is 24.3 Å². The molecule has 116 valence electrons. The fraction of sp³-hybridized carbons (Fsp3) is 0.462. The number of nitrogen functional groups attached to an aromatic ring is 1. The summed E-state index contributed by atoms with van der Waals surface area (Å²) in [7, 11) is 0. The van der Waals surface area contributed by atoms with Gasteiger partial charge in [0.15, 0.2) is 0 Å². The molecule has 0 radical (unpaired) electrons. The lowest BCUT2D eigenvalue weighted by molar-refractivity contribution is -0.146. The number of benzene rings is 1. The molecule has 8 heteroatoms. The summed E-state index contributed by atoms with van der Waals surface area (Å²) in [6.07, 6.45) is -4.19. The number of piperazine rings is 1. The van der Waals surface area contributed by atoms with Gasteiger partial charge in [-0.2, -0.15) is 13.2 Å². The van der Waals surface area contributed by atoms with Crippen LogP contribution in [0.1, 0.15) is 10.4 Å². The van der Waals surface area contributed by atoms with E-state index in [0.717, 1.165) is 0 Å². The first-order valence-corrected chi connectivity index (χ1v) is 6.43. The van der Waals surface area contributed by atoms with Gasteiger partial charge in [-0.1, -0.05) is 0 Å². The molecular formula is C13H16F3N3O2. The lowest BCUT2D eigenvalue weighted by atomic mass is 10.1. The number of carboxylic acids is 1. The molecule has 1 aliphatic heterocycles. The number of halogens is 3. The highest BCUT2D eigenvalue weighted by molar-refractivity contribution is 5.94. The first-order chi connectivity index (χ1) is 9.76. The summed E-state index contributed by atoms with van der Waals surface area (Å²) in [6.45, 7) is 0.486. The van der Waals surface area contributed by atoms with Crippen LogP contribution in [0.5, 0.6) is 0 Å². The summed E-state index contributed by atoms with van der Waals surface area (Å²) in [5.41, 5.74) is 6.41. The lowest BCUT2D eigenvalue weighted by Gasteiger charge is -2.36. The summed E-state index contributed by atoms with van der Waals surface area (Å²) in [4.78, 5) is 14.2. The highest BCUT2D eigenvalue weighted by atomic mass is 19.4. The van der Waals surface area contributed by atoms with Crippen LogP contribution < -0.4 is 10.6 Å². The summed E-state index contributed by atoms with van der Waals surface area (Å²) in [5, 5.41) is 9.03. The molecule has 0 spiro atoms. The number of nitrogens with two attached hydrogens (primary N) is 1. The van der Waals surface area contributed by atoms with E-state index in [9.17, 15) is 18.0 Å². The molecule has 5 nitrogen and oxygen atoms in total. The molecule has 1 aliphatic rings.